The van der Waals surface area contributed by atoms with Crippen LogP contribution in [0, 0.1) is 0 Å². The van der Waals surface area contributed by atoms with E-state index < -0.39 is 15.6 Å². The minimum absolute atomic E-state index is 0.00413. The number of sulfonamides is 1. The van der Waals surface area contributed by atoms with Crippen molar-refractivity contribution in [1.29, 1.82) is 0 Å². The summed E-state index contributed by atoms with van der Waals surface area (Å²) in [5, 5.41) is 3.35. The van der Waals surface area contributed by atoms with Crippen LogP contribution in [0.1, 0.15) is 33.2 Å². The topological polar surface area (TPSA) is 124 Å². The summed E-state index contributed by atoms with van der Waals surface area (Å²) in [6.07, 6.45) is 2.59. The van der Waals surface area contributed by atoms with Gasteiger partial charge in [0.2, 0.25) is 21.9 Å². The average molecular weight is 445 g/mol. The summed E-state index contributed by atoms with van der Waals surface area (Å²) in [6, 6.07) is 7.59. The molecule has 1 atom stereocenters. The maximum absolute atomic E-state index is 13.0. The molecule has 0 aliphatic carbocycles. The number of nitrogens with one attached hydrogen (secondary N) is 2. The minimum Gasteiger partial charge on any atom is -0.480 e. The van der Waals surface area contributed by atoms with Crippen molar-refractivity contribution < 1.29 is 13.2 Å². The van der Waals surface area contributed by atoms with Crippen LogP contribution >= 0.6 is 0 Å². The Morgan fingerprint density at radius 1 is 1.26 bits per heavy atom. The number of ether oxygens (including phenoxy) is 1. The normalized spacial score (nSPS) is 17.4. The summed E-state index contributed by atoms with van der Waals surface area (Å²) < 4.78 is 35.9. The number of benzene rings is 1. The first kappa shape index (κ1) is 21.5. The number of anilines is 1. The number of rotatable bonds is 5. The molecule has 1 aliphatic heterocycles. The smallest absolute Gasteiger partial charge is 0.246 e. The molecule has 4 rings (SSSR count). The Labute approximate surface area is 182 Å². The maximum Gasteiger partial charge on any atom is 0.246 e. The van der Waals surface area contributed by atoms with Gasteiger partial charge in [-0.2, -0.15) is 0 Å². The van der Waals surface area contributed by atoms with Gasteiger partial charge in [0, 0.05) is 23.8 Å². The van der Waals surface area contributed by atoms with Crippen molar-refractivity contribution in [3.05, 3.63) is 30.5 Å². The zero-order chi connectivity index (χ0) is 22.4. The van der Waals surface area contributed by atoms with Crippen LogP contribution < -0.4 is 20.5 Å². The number of fused-ring (bicyclic) bond motifs is 1. The van der Waals surface area contributed by atoms with Crippen LogP contribution in [0.15, 0.2) is 35.4 Å². The third-order valence-corrected chi connectivity index (χ3v) is 6.94. The molecule has 0 saturated carbocycles. The molecule has 1 fully saturated rings. The van der Waals surface area contributed by atoms with Gasteiger partial charge >= 0.3 is 0 Å². The monoisotopic (exact) mass is 444 g/mol. The Morgan fingerprint density at radius 3 is 2.68 bits per heavy atom. The second-order valence-electron chi connectivity index (χ2n) is 8.78. The lowest BCUT2D eigenvalue weighted by Crippen LogP contribution is -2.40. The molecule has 1 aliphatic rings. The van der Waals surface area contributed by atoms with Gasteiger partial charge in [-0.3, -0.25) is 0 Å². The van der Waals surface area contributed by atoms with Crippen molar-refractivity contribution in [3.8, 4) is 17.0 Å². The Hall–Kier alpha value is -2.69. The number of nitrogens with zero attached hydrogens (tertiary/aromatic N) is 3. The molecule has 3 heterocycles. The van der Waals surface area contributed by atoms with Crippen LogP contribution in [0.25, 0.3) is 22.2 Å². The Balaban J connectivity index is 1.82. The number of hydrogen-bond acceptors (Lipinski definition) is 7. The zero-order valence-corrected chi connectivity index (χ0v) is 19.0. The van der Waals surface area contributed by atoms with Crippen LogP contribution in [-0.4, -0.2) is 48.7 Å². The molecule has 0 bridgehead atoms. The number of nitrogens with two attached hydrogens (primary N) is 1. The number of nitrogen functional groups attached to an aromatic ring is 1. The Kier molecular flexibility index (Phi) is 5.40. The lowest BCUT2D eigenvalue weighted by atomic mass is 10.1. The van der Waals surface area contributed by atoms with Crippen LogP contribution in [0.3, 0.4) is 0 Å². The van der Waals surface area contributed by atoms with E-state index in [2.05, 4.69) is 24.6 Å². The van der Waals surface area contributed by atoms with E-state index in [0.29, 0.717) is 11.5 Å². The highest BCUT2D eigenvalue weighted by Gasteiger charge is 2.27. The molecule has 1 unspecified atom stereocenters. The molecule has 9 nitrogen and oxygen atoms in total. The fourth-order valence-corrected chi connectivity index (χ4v) is 5.49. The van der Waals surface area contributed by atoms with Gasteiger partial charge in [0.25, 0.3) is 0 Å². The number of aromatic nitrogens is 3. The first-order valence-corrected chi connectivity index (χ1v) is 11.6. The van der Waals surface area contributed by atoms with Gasteiger partial charge in [-0.05, 0) is 57.5 Å². The van der Waals surface area contributed by atoms with Crippen molar-refractivity contribution in [1.82, 2.24) is 24.6 Å². The number of imidazole rings is 1. The lowest BCUT2D eigenvalue weighted by Gasteiger charge is -2.21. The van der Waals surface area contributed by atoms with Gasteiger partial charge < -0.3 is 20.4 Å². The molecular weight excluding hydrogens is 416 g/mol. The van der Waals surface area contributed by atoms with Crippen molar-refractivity contribution in [2.45, 2.75) is 43.7 Å². The highest BCUT2D eigenvalue weighted by molar-refractivity contribution is 7.89. The largest absolute Gasteiger partial charge is 0.480 e. The summed E-state index contributed by atoms with van der Waals surface area (Å²) in [5.41, 5.74) is 8.76. The van der Waals surface area contributed by atoms with E-state index in [4.69, 9.17) is 10.5 Å². The van der Waals surface area contributed by atoms with Crippen molar-refractivity contribution in [2.75, 3.05) is 25.9 Å². The van der Waals surface area contributed by atoms with Gasteiger partial charge in [0.15, 0.2) is 0 Å². The molecule has 166 valence electrons. The third kappa shape index (κ3) is 4.23. The van der Waals surface area contributed by atoms with E-state index in [-0.39, 0.29) is 16.8 Å². The fourth-order valence-electron chi connectivity index (χ4n) is 3.93. The molecule has 0 amide bonds. The van der Waals surface area contributed by atoms with E-state index in [0.717, 1.165) is 36.1 Å². The summed E-state index contributed by atoms with van der Waals surface area (Å²) in [5.74, 6) is 0.527. The highest BCUT2D eigenvalue weighted by Crippen LogP contribution is 2.32. The second kappa shape index (κ2) is 7.77. The molecule has 2 aromatic heterocycles. The SMILES string of the molecule is COc1ncc(-c2ccc3nc(N)n(C4CCNC4)c3c2)cc1S(=O)(=O)NC(C)(C)C. The highest BCUT2D eigenvalue weighted by atomic mass is 32.2. The standard InChI is InChI=1S/C21H28N6O3S/c1-21(2,3)26-31(28,29)18-10-14(11-24-19(18)30-4)13-5-6-16-17(9-13)27(20(22)25-16)15-7-8-23-12-15/h5-6,9-11,15,23,26H,7-8,12H2,1-4H3,(H2,22,25). The summed E-state index contributed by atoms with van der Waals surface area (Å²) in [4.78, 5) is 8.74. The molecule has 3 aromatic rings. The second-order valence-corrected chi connectivity index (χ2v) is 10.4. The van der Waals surface area contributed by atoms with Crippen molar-refractivity contribution in [3.63, 3.8) is 0 Å². The van der Waals surface area contributed by atoms with E-state index in [1.54, 1.807) is 33.0 Å². The molecule has 0 spiro atoms. The molecule has 1 saturated heterocycles. The number of pyridine rings is 1. The van der Waals surface area contributed by atoms with Crippen molar-refractivity contribution in [2.24, 2.45) is 0 Å². The minimum atomic E-state index is -3.83. The molecule has 0 radical (unpaired) electrons. The van der Waals surface area contributed by atoms with Crippen LogP contribution in [0.2, 0.25) is 0 Å². The van der Waals surface area contributed by atoms with Crippen molar-refractivity contribution >= 4 is 27.0 Å². The maximum atomic E-state index is 13.0. The van der Waals surface area contributed by atoms with Gasteiger partial charge in [0.05, 0.1) is 24.2 Å². The van der Waals surface area contributed by atoms with E-state index in [1.807, 2.05) is 18.2 Å². The van der Waals surface area contributed by atoms with Crippen LogP contribution in [-0.2, 0) is 10.0 Å². The Morgan fingerprint density at radius 2 is 2.03 bits per heavy atom. The van der Waals surface area contributed by atoms with Gasteiger partial charge in [-0.25, -0.2) is 23.1 Å². The lowest BCUT2D eigenvalue weighted by molar-refractivity contribution is 0.384. The van der Waals surface area contributed by atoms with Gasteiger partial charge in [0.1, 0.15) is 4.90 Å². The first-order valence-electron chi connectivity index (χ1n) is 10.2. The zero-order valence-electron chi connectivity index (χ0n) is 18.1. The fraction of sp³-hybridized carbons (Fsp3) is 0.429. The molecule has 10 heteroatoms. The third-order valence-electron chi connectivity index (χ3n) is 5.19. The predicted molar refractivity (Wildman–Crippen MR) is 121 cm³/mol. The van der Waals surface area contributed by atoms with E-state index in [1.165, 1.54) is 7.11 Å². The number of methoxy groups -OCH3 is 1. The van der Waals surface area contributed by atoms with Gasteiger partial charge in [-0.15, -0.1) is 0 Å². The number of hydrogen-bond donors (Lipinski definition) is 3. The summed E-state index contributed by atoms with van der Waals surface area (Å²) in [6.45, 7) is 7.13. The molecule has 31 heavy (non-hydrogen) atoms. The van der Waals surface area contributed by atoms with Crippen LogP contribution in [0.5, 0.6) is 5.88 Å². The summed E-state index contributed by atoms with van der Waals surface area (Å²) in [7, 11) is -2.43. The first-order chi connectivity index (χ1) is 14.6. The average Bonchev–Trinajstić information content (AvgIpc) is 3.31. The van der Waals surface area contributed by atoms with Gasteiger partial charge in [-0.1, -0.05) is 6.07 Å². The Bertz CT molecular complexity index is 1220. The molecule has 4 N–H and O–H groups in total. The van der Waals surface area contributed by atoms with Crippen LogP contribution in [0.4, 0.5) is 5.95 Å². The summed E-state index contributed by atoms with van der Waals surface area (Å²) >= 11 is 0. The predicted octanol–water partition coefficient (Wildman–Crippen LogP) is 2.30. The quantitative estimate of drug-likeness (QED) is 0.551. The van der Waals surface area contributed by atoms with E-state index in [9.17, 15) is 8.42 Å². The van der Waals surface area contributed by atoms with E-state index >= 15 is 0 Å². The molecular formula is C21H28N6O3S. The molecule has 1 aromatic carbocycles.